The van der Waals surface area contributed by atoms with E-state index in [1.54, 1.807) is 0 Å². The highest BCUT2D eigenvalue weighted by Crippen LogP contribution is 2.49. The van der Waals surface area contributed by atoms with Crippen LogP contribution in [0.25, 0.3) is 106 Å². The van der Waals surface area contributed by atoms with Gasteiger partial charge in [0.1, 0.15) is 11.2 Å². The van der Waals surface area contributed by atoms with Gasteiger partial charge in [0.15, 0.2) is 17.5 Å². The summed E-state index contributed by atoms with van der Waals surface area (Å²) in [6, 6.07) is 64.1. The Labute approximate surface area is 340 Å². The molecule has 0 amide bonds. The molecule has 8 aromatic carbocycles. The maximum absolute atomic E-state index is 6.59. The van der Waals surface area contributed by atoms with Gasteiger partial charge in [-0.3, -0.25) is 0 Å². The third-order valence-corrected chi connectivity index (χ3v) is 12.3. The first-order valence-electron chi connectivity index (χ1n) is 20.1. The van der Waals surface area contributed by atoms with Crippen molar-refractivity contribution in [1.82, 2.24) is 19.5 Å². The molecule has 3 aromatic heterocycles. The average Bonchev–Trinajstić information content (AvgIpc) is 3.92. The second-order valence-corrected chi connectivity index (χ2v) is 16.0. The SMILES string of the molecule is CC1(C)c2ccccc2-c2cc(-c3nc(-c4ccc5c(c4)oc4cccc(-c6ccccc6)c45)nc(-c4cccc5c4c4ccccc4n5-c4ccccc4)n3)ccc21. The van der Waals surface area contributed by atoms with Crippen LogP contribution < -0.4 is 0 Å². The van der Waals surface area contributed by atoms with Crippen molar-refractivity contribution < 1.29 is 4.42 Å². The molecular weight excluding hydrogens is 721 g/mol. The number of furan rings is 1. The predicted molar refractivity (Wildman–Crippen MR) is 241 cm³/mol. The molecule has 0 aliphatic heterocycles. The van der Waals surface area contributed by atoms with E-state index in [1.165, 1.54) is 22.3 Å². The molecule has 0 radical (unpaired) electrons. The lowest BCUT2D eigenvalue weighted by Gasteiger charge is -2.21. The molecule has 0 saturated heterocycles. The third-order valence-electron chi connectivity index (χ3n) is 12.3. The fourth-order valence-corrected chi connectivity index (χ4v) is 9.50. The largest absolute Gasteiger partial charge is 0.456 e. The lowest BCUT2D eigenvalue weighted by Crippen LogP contribution is -2.14. The Morgan fingerprint density at radius 1 is 0.407 bits per heavy atom. The summed E-state index contributed by atoms with van der Waals surface area (Å²) in [4.78, 5) is 15.9. The van der Waals surface area contributed by atoms with E-state index >= 15 is 0 Å². The summed E-state index contributed by atoms with van der Waals surface area (Å²) in [5.74, 6) is 1.82. The van der Waals surface area contributed by atoms with Crippen LogP contribution >= 0.6 is 0 Å². The minimum atomic E-state index is -0.106. The molecule has 0 N–H and O–H groups in total. The molecular formula is C54H36N4O. The third kappa shape index (κ3) is 5.08. The fraction of sp³-hybridized carbons (Fsp3) is 0.0556. The van der Waals surface area contributed by atoms with E-state index in [4.69, 9.17) is 19.4 Å². The van der Waals surface area contributed by atoms with Gasteiger partial charge in [-0.25, -0.2) is 15.0 Å². The van der Waals surface area contributed by atoms with Crippen molar-refractivity contribution in [2.45, 2.75) is 19.3 Å². The van der Waals surface area contributed by atoms with Gasteiger partial charge in [-0.05, 0) is 81.9 Å². The van der Waals surface area contributed by atoms with Crippen LogP contribution in [0.3, 0.4) is 0 Å². The van der Waals surface area contributed by atoms with Gasteiger partial charge in [-0.2, -0.15) is 0 Å². The lowest BCUT2D eigenvalue weighted by molar-refractivity contribution is 0.660. The Kier molecular flexibility index (Phi) is 7.20. The summed E-state index contributed by atoms with van der Waals surface area (Å²) < 4.78 is 8.92. The Balaban J connectivity index is 1.10. The molecule has 0 atom stereocenters. The number of nitrogens with zero attached hydrogens (tertiary/aromatic N) is 4. The number of hydrogen-bond acceptors (Lipinski definition) is 4. The molecule has 12 rings (SSSR count). The van der Waals surface area contributed by atoms with Gasteiger partial charge in [0, 0.05) is 49.3 Å². The first kappa shape index (κ1) is 33.5. The van der Waals surface area contributed by atoms with Crippen molar-refractivity contribution >= 4 is 43.7 Å². The summed E-state index contributed by atoms with van der Waals surface area (Å²) in [6.07, 6.45) is 0. The topological polar surface area (TPSA) is 56.7 Å². The highest BCUT2D eigenvalue weighted by atomic mass is 16.3. The molecule has 5 nitrogen and oxygen atoms in total. The van der Waals surface area contributed by atoms with Crippen molar-refractivity contribution in [3.05, 3.63) is 193 Å². The lowest BCUT2D eigenvalue weighted by atomic mass is 9.82. The van der Waals surface area contributed by atoms with Crippen molar-refractivity contribution in [3.8, 4) is 62.1 Å². The first-order chi connectivity index (χ1) is 29.0. The molecule has 278 valence electrons. The van der Waals surface area contributed by atoms with Gasteiger partial charge in [0.25, 0.3) is 0 Å². The second-order valence-electron chi connectivity index (χ2n) is 16.0. The van der Waals surface area contributed by atoms with Crippen LogP contribution in [0.5, 0.6) is 0 Å². The Hall–Kier alpha value is -7.63. The second kappa shape index (κ2) is 12.7. The zero-order valence-electron chi connectivity index (χ0n) is 32.5. The number of hydrogen-bond donors (Lipinski definition) is 0. The minimum Gasteiger partial charge on any atom is -0.456 e. The predicted octanol–water partition coefficient (Wildman–Crippen LogP) is 13.8. The summed E-state index contributed by atoms with van der Waals surface area (Å²) in [5.41, 5.74) is 15.0. The van der Waals surface area contributed by atoms with E-state index in [2.05, 4.69) is 188 Å². The summed E-state index contributed by atoms with van der Waals surface area (Å²) in [5, 5.41) is 4.39. The van der Waals surface area contributed by atoms with Crippen LogP contribution in [0.15, 0.2) is 186 Å². The summed E-state index contributed by atoms with van der Waals surface area (Å²) in [6.45, 7) is 4.61. The van der Waals surface area contributed by atoms with Crippen molar-refractivity contribution in [1.29, 1.82) is 0 Å². The van der Waals surface area contributed by atoms with E-state index in [0.717, 1.165) is 77.2 Å². The maximum atomic E-state index is 6.59. The Morgan fingerprint density at radius 2 is 1.03 bits per heavy atom. The minimum absolute atomic E-state index is 0.106. The monoisotopic (exact) mass is 756 g/mol. The molecule has 1 aliphatic carbocycles. The number of rotatable bonds is 5. The van der Waals surface area contributed by atoms with Gasteiger partial charge >= 0.3 is 0 Å². The standard InChI is InChI=1S/C54H36N4O/c1-54(2)43-23-11-9-19-38(43)42-31-34(28-30-44(42)54)51-55-52(35-27-29-40-48(32-35)59-47-26-14-21-37(50(40)47)33-15-5-3-6-16-33)57-53(56-51)41-22-13-25-46-49(41)39-20-10-12-24-45(39)58(46)36-17-7-4-8-18-36/h3-32H,1-2H3. The van der Waals surface area contributed by atoms with Crippen LogP contribution in [0.1, 0.15) is 25.0 Å². The Bertz CT molecular complexity index is 3470. The zero-order valence-corrected chi connectivity index (χ0v) is 32.5. The van der Waals surface area contributed by atoms with E-state index in [9.17, 15) is 0 Å². The summed E-state index contributed by atoms with van der Waals surface area (Å²) in [7, 11) is 0. The van der Waals surface area contributed by atoms with Crippen molar-refractivity contribution in [2.24, 2.45) is 0 Å². The van der Waals surface area contributed by atoms with Gasteiger partial charge in [-0.15, -0.1) is 0 Å². The molecule has 59 heavy (non-hydrogen) atoms. The van der Waals surface area contributed by atoms with Crippen molar-refractivity contribution in [2.75, 3.05) is 0 Å². The zero-order chi connectivity index (χ0) is 39.2. The smallest absolute Gasteiger partial charge is 0.164 e. The van der Waals surface area contributed by atoms with Crippen LogP contribution in [0.4, 0.5) is 0 Å². The molecule has 1 aliphatic rings. The fourth-order valence-electron chi connectivity index (χ4n) is 9.50. The van der Waals surface area contributed by atoms with E-state index < -0.39 is 0 Å². The number of para-hydroxylation sites is 2. The van der Waals surface area contributed by atoms with Gasteiger partial charge in [0.2, 0.25) is 0 Å². The molecule has 0 saturated carbocycles. The molecule has 0 unspecified atom stereocenters. The van der Waals surface area contributed by atoms with Gasteiger partial charge in [-0.1, -0.05) is 147 Å². The number of benzene rings is 8. The Morgan fingerprint density at radius 3 is 1.88 bits per heavy atom. The van der Waals surface area contributed by atoms with E-state index in [1.807, 2.05) is 12.1 Å². The van der Waals surface area contributed by atoms with E-state index in [0.29, 0.717) is 17.5 Å². The van der Waals surface area contributed by atoms with Crippen LogP contribution in [-0.4, -0.2) is 19.5 Å². The van der Waals surface area contributed by atoms with Gasteiger partial charge in [0.05, 0.1) is 11.0 Å². The maximum Gasteiger partial charge on any atom is 0.164 e. The molecule has 3 heterocycles. The number of aromatic nitrogens is 4. The number of fused-ring (bicyclic) bond motifs is 9. The average molecular weight is 757 g/mol. The molecule has 11 aromatic rings. The van der Waals surface area contributed by atoms with E-state index in [-0.39, 0.29) is 5.41 Å². The normalized spacial score (nSPS) is 13.1. The van der Waals surface area contributed by atoms with Gasteiger partial charge < -0.3 is 8.98 Å². The first-order valence-corrected chi connectivity index (χ1v) is 20.1. The molecule has 0 bridgehead atoms. The highest BCUT2D eigenvalue weighted by molar-refractivity contribution is 6.15. The highest BCUT2D eigenvalue weighted by Gasteiger charge is 2.35. The van der Waals surface area contributed by atoms with Crippen molar-refractivity contribution in [3.63, 3.8) is 0 Å². The van der Waals surface area contributed by atoms with Crippen LogP contribution in [0, 0.1) is 0 Å². The summed E-state index contributed by atoms with van der Waals surface area (Å²) >= 11 is 0. The van der Waals surface area contributed by atoms with Crippen LogP contribution in [-0.2, 0) is 5.41 Å². The molecule has 5 heteroatoms. The van der Waals surface area contributed by atoms with Crippen LogP contribution in [0.2, 0.25) is 0 Å². The quantitative estimate of drug-likeness (QED) is 0.175. The molecule has 0 fully saturated rings. The molecule has 0 spiro atoms.